The lowest BCUT2D eigenvalue weighted by atomic mass is 9.91. The number of ether oxygens (including phenoxy) is 1. The van der Waals surface area contributed by atoms with Crippen molar-refractivity contribution in [2.75, 3.05) is 20.2 Å². The van der Waals surface area contributed by atoms with Gasteiger partial charge in [0.1, 0.15) is 0 Å². The highest BCUT2D eigenvalue weighted by Gasteiger charge is 2.34. The first kappa shape index (κ1) is 15.5. The van der Waals surface area contributed by atoms with E-state index in [1.807, 2.05) is 13.8 Å². The smallest absolute Gasteiger partial charge is 0.312 e. The van der Waals surface area contributed by atoms with Gasteiger partial charge in [0.15, 0.2) is 0 Å². The molecular formula is C15H29NO2. The summed E-state index contributed by atoms with van der Waals surface area (Å²) in [7, 11) is 1.48. The Morgan fingerprint density at radius 2 is 1.89 bits per heavy atom. The Bertz CT molecular complexity index is 268. The van der Waals surface area contributed by atoms with E-state index < -0.39 is 5.41 Å². The summed E-state index contributed by atoms with van der Waals surface area (Å²) in [6.45, 7) is 10.3. The normalized spacial score (nSPS) is 17.7. The Morgan fingerprint density at radius 1 is 1.33 bits per heavy atom. The summed E-state index contributed by atoms with van der Waals surface area (Å²) in [4.78, 5) is 14.3. The second-order valence-electron chi connectivity index (χ2n) is 6.64. The molecule has 3 heteroatoms. The molecule has 0 amide bonds. The zero-order valence-corrected chi connectivity index (χ0v) is 12.7. The molecule has 18 heavy (non-hydrogen) atoms. The lowest BCUT2D eigenvalue weighted by molar-refractivity contribution is -0.152. The minimum absolute atomic E-state index is 0.103. The van der Waals surface area contributed by atoms with Crippen molar-refractivity contribution in [2.45, 2.75) is 59.4 Å². The molecule has 3 nitrogen and oxygen atoms in total. The first-order valence-corrected chi connectivity index (χ1v) is 7.19. The molecular weight excluding hydrogens is 226 g/mol. The lowest BCUT2D eigenvalue weighted by Crippen LogP contribution is -2.45. The molecule has 1 rings (SSSR count). The molecule has 0 spiro atoms. The monoisotopic (exact) mass is 255 g/mol. The summed E-state index contributed by atoms with van der Waals surface area (Å²) >= 11 is 0. The van der Waals surface area contributed by atoms with Crippen molar-refractivity contribution in [1.82, 2.24) is 4.90 Å². The minimum atomic E-state index is -0.410. The second kappa shape index (κ2) is 6.55. The molecule has 0 aromatic carbocycles. The van der Waals surface area contributed by atoms with E-state index in [2.05, 4.69) is 18.7 Å². The fourth-order valence-electron chi connectivity index (χ4n) is 2.93. The van der Waals surface area contributed by atoms with Crippen LogP contribution in [0.5, 0.6) is 0 Å². The SMILES string of the molecule is COC(=O)C(C)(C)CN(CC(C)C)C1CCCC1. The van der Waals surface area contributed by atoms with Crippen molar-refractivity contribution < 1.29 is 9.53 Å². The quantitative estimate of drug-likeness (QED) is 0.683. The standard InChI is InChI=1S/C15H29NO2/c1-12(2)10-16(13-8-6-7-9-13)11-15(3,4)14(17)18-5/h12-13H,6-11H2,1-5H3. The van der Waals surface area contributed by atoms with Crippen molar-refractivity contribution in [3.8, 4) is 0 Å². The molecule has 0 heterocycles. The number of rotatable bonds is 6. The van der Waals surface area contributed by atoms with Gasteiger partial charge in [0.25, 0.3) is 0 Å². The maximum Gasteiger partial charge on any atom is 0.312 e. The summed E-state index contributed by atoms with van der Waals surface area (Å²) in [5.74, 6) is 0.535. The minimum Gasteiger partial charge on any atom is -0.469 e. The highest BCUT2D eigenvalue weighted by molar-refractivity contribution is 5.76. The van der Waals surface area contributed by atoms with Crippen LogP contribution in [0.2, 0.25) is 0 Å². The summed E-state index contributed by atoms with van der Waals surface area (Å²) in [5, 5.41) is 0. The first-order valence-electron chi connectivity index (χ1n) is 7.19. The van der Waals surface area contributed by atoms with Gasteiger partial charge in [-0.05, 0) is 32.6 Å². The average Bonchev–Trinajstić information content (AvgIpc) is 2.79. The van der Waals surface area contributed by atoms with Crippen molar-refractivity contribution in [1.29, 1.82) is 0 Å². The van der Waals surface area contributed by atoms with Crippen molar-refractivity contribution >= 4 is 5.97 Å². The van der Waals surface area contributed by atoms with Crippen LogP contribution in [0.3, 0.4) is 0 Å². The van der Waals surface area contributed by atoms with Crippen LogP contribution in [0.4, 0.5) is 0 Å². The topological polar surface area (TPSA) is 29.5 Å². The van der Waals surface area contributed by atoms with Crippen LogP contribution >= 0.6 is 0 Å². The van der Waals surface area contributed by atoms with E-state index >= 15 is 0 Å². The largest absolute Gasteiger partial charge is 0.469 e. The van der Waals surface area contributed by atoms with Gasteiger partial charge >= 0.3 is 5.97 Å². The van der Waals surface area contributed by atoms with Crippen molar-refractivity contribution in [3.63, 3.8) is 0 Å². The number of carbonyl (C=O) groups excluding carboxylic acids is 1. The van der Waals surface area contributed by atoms with Crippen LogP contribution in [-0.2, 0) is 9.53 Å². The maximum absolute atomic E-state index is 11.8. The van der Waals surface area contributed by atoms with Gasteiger partial charge in [0.2, 0.25) is 0 Å². The molecule has 1 aliphatic rings. The molecule has 0 atom stereocenters. The van der Waals surface area contributed by atoms with E-state index in [9.17, 15) is 4.79 Å². The Morgan fingerprint density at radius 3 is 2.33 bits per heavy atom. The molecule has 0 aromatic heterocycles. The molecule has 0 aliphatic heterocycles. The maximum atomic E-state index is 11.8. The van der Waals surface area contributed by atoms with E-state index in [0.717, 1.165) is 13.1 Å². The summed E-state index contributed by atoms with van der Waals surface area (Å²) in [6.07, 6.45) is 5.23. The molecule has 1 saturated carbocycles. The number of carbonyl (C=O) groups is 1. The molecule has 106 valence electrons. The predicted octanol–water partition coefficient (Wildman–Crippen LogP) is 3.09. The highest BCUT2D eigenvalue weighted by Crippen LogP contribution is 2.28. The van der Waals surface area contributed by atoms with Crippen LogP contribution in [-0.4, -0.2) is 37.1 Å². The number of esters is 1. The molecule has 0 unspecified atom stereocenters. The average molecular weight is 255 g/mol. The van der Waals surface area contributed by atoms with Crippen LogP contribution < -0.4 is 0 Å². The number of hydrogen-bond donors (Lipinski definition) is 0. The van der Waals surface area contributed by atoms with Gasteiger partial charge in [-0.15, -0.1) is 0 Å². The van der Waals surface area contributed by atoms with Crippen LogP contribution in [0.1, 0.15) is 53.4 Å². The Hall–Kier alpha value is -0.570. The van der Waals surface area contributed by atoms with Gasteiger partial charge in [-0.3, -0.25) is 9.69 Å². The molecule has 1 aliphatic carbocycles. The van der Waals surface area contributed by atoms with Crippen LogP contribution in [0.15, 0.2) is 0 Å². The van der Waals surface area contributed by atoms with Gasteiger partial charge in [0.05, 0.1) is 12.5 Å². The summed E-state index contributed by atoms with van der Waals surface area (Å²) in [6, 6.07) is 0.663. The third kappa shape index (κ3) is 4.27. The van der Waals surface area contributed by atoms with E-state index in [1.165, 1.54) is 32.8 Å². The molecule has 0 bridgehead atoms. The number of nitrogens with zero attached hydrogens (tertiary/aromatic N) is 1. The van der Waals surface area contributed by atoms with Gasteiger partial charge < -0.3 is 4.74 Å². The fraction of sp³-hybridized carbons (Fsp3) is 0.933. The summed E-state index contributed by atoms with van der Waals surface area (Å²) < 4.78 is 4.92. The third-order valence-corrected chi connectivity index (χ3v) is 3.78. The highest BCUT2D eigenvalue weighted by atomic mass is 16.5. The molecule has 1 fully saturated rings. The van der Waals surface area contributed by atoms with E-state index in [4.69, 9.17) is 4.74 Å². The van der Waals surface area contributed by atoms with Gasteiger partial charge in [-0.2, -0.15) is 0 Å². The van der Waals surface area contributed by atoms with Crippen molar-refractivity contribution in [2.24, 2.45) is 11.3 Å². The fourth-order valence-corrected chi connectivity index (χ4v) is 2.93. The Kier molecular flexibility index (Phi) is 5.64. The van der Waals surface area contributed by atoms with E-state index in [1.54, 1.807) is 0 Å². The first-order chi connectivity index (χ1) is 8.36. The summed E-state index contributed by atoms with van der Waals surface area (Å²) in [5.41, 5.74) is -0.410. The number of methoxy groups -OCH3 is 1. The molecule has 0 N–H and O–H groups in total. The van der Waals surface area contributed by atoms with Crippen molar-refractivity contribution in [3.05, 3.63) is 0 Å². The Balaban J connectivity index is 2.67. The molecule has 0 radical (unpaired) electrons. The van der Waals surface area contributed by atoms with Gasteiger partial charge in [-0.25, -0.2) is 0 Å². The zero-order chi connectivity index (χ0) is 13.8. The third-order valence-electron chi connectivity index (χ3n) is 3.78. The Labute approximate surface area is 112 Å². The van der Waals surface area contributed by atoms with Gasteiger partial charge in [0, 0.05) is 19.1 Å². The molecule has 0 aromatic rings. The number of hydrogen-bond acceptors (Lipinski definition) is 3. The van der Waals surface area contributed by atoms with Crippen LogP contribution in [0.25, 0.3) is 0 Å². The van der Waals surface area contributed by atoms with Gasteiger partial charge in [-0.1, -0.05) is 26.7 Å². The zero-order valence-electron chi connectivity index (χ0n) is 12.7. The lowest BCUT2D eigenvalue weighted by Gasteiger charge is -2.36. The predicted molar refractivity (Wildman–Crippen MR) is 74.5 cm³/mol. The van der Waals surface area contributed by atoms with E-state index in [-0.39, 0.29) is 5.97 Å². The molecule has 0 saturated heterocycles. The second-order valence-corrected chi connectivity index (χ2v) is 6.64. The van der Waals surface area contributed by atoms with E-state index in [0.29, 0.717) is 12.0 Å². The van der Waals surface area contributed by atoms with Crippen LogP contribution in [0, 0.1) is 11.3 Å².